The first kappa shape index (κ1) is 13.7. The van der Waals surface area contributed by atoms with Gasteiger partial charge in [-0.3, -0.25) is 10.1 Å². The number of thiophene rings is 1. The van der Waals surface area contributed by atoms with Gasteiger partial charge in [0, 0.05) is 4.88 Å². The number of aliphatic hydroxyl groups is 1. The highest BCUT2D eigenvalue weighted by Gasteiger charge is 2.11. The molecule has 0 aliphatic carbocycles. The highest BCUT2D eigenvalue weighted by molar-refractivity contribution is 7.16. The van der Waals surface area contributed by atoms with Gasteiger partial charge >= 0.3 is 0 Å². The van der Waals surface area contributed by atoms with E-state index in [4.69, 9.17) is 5.11 Å². The van der Waals surface area contributed by atoms with Crippen LogP contribution in [0.15, 0.2) is 12.1 Å². The van der Waals surface area contributed by atoms with Gasteiger partial charge in [0.15, 0.2) is 5.13 Å². The average molecular weight is 292 g/mol. The van der Waals surface area contributed by atoms with E-state index in [-0.39, 0.29) is 12.5 Å². The van der Waals surface area contributed by atoms with E-state index in [2.05, 4.69) is 22.1 Å². The van der Waals surface area contributed by atoms with Crippen molar-refractivity contribution in [3.05, 3.63) is 32.5 Å². The van der Waals surface area contributed by atoms with Gasteiger partial charge in [-0.15, -0.1) is 22.7 Å². The molecule has 6 heteroatoms. The van der Waals surface area contributed by atoms with Crippen molar-refractivity contribution in [1.82, 2.24) is 4.98 Å². The van der Waals surface area contributed by atoms with Crippen LogP contribution in [-0.2, 0) is 0 Å². The maximum Gasteiger partial charge on any atom is 0.267 e. The molecule has 0 aliphatic rings. The normalized spacial score (nSPS) is 9.84. The molecular formula is C13H12N2O2S2. The van der Waals surface area contributed by atoms with Crippen LogP contribution in [0.4, 0.5) is 5.13 Å². The Labute approximate surface area is 119 Å². The quantitative estimate of drug-likeness (QED) is 0.836. The fraction of sp³-hybridized carbons (Fsp3) is 0.231. The number of aromatic nitrogens is 1. The third kappa shape index (κ3) is 3.41. The zero-order valence-electron chi connectivity index (χ0n) is 10.5. The number of hydrogen-bond donors (Lipinski definition) is 2. The predicted octanol–water partition coefficient (Wildman–Crippen LogP) is 2.42. The lowest BCUT2D eigenvalue weighted by molar-refractivity contribution is 0.103. The monoisotopic (exact) mass is 292 g/mol. The molecule has 2 N–H and O–H groups in total. The number of thiazole rings is 1. The smallest absolute Gasteiger partial charge is 0.267 e. The number of carbonyl (C=O) groups excluding carboxylic acids is 1. The van der Waals surface area contributed by atoms with Crippen LogP contribution < -0.4 is 5.32 Å². The minimum Gasteiger partial charge on any atom is -0.384 e. The zero-order valence-corrected chi connectivity index (χ0v) is 12.1. The van der Waals surface area contributed by atoms with Gasteiger partial charge in [-0.05, 0) is 26.0 Å². The average Bonchev–Trinajstić information content (AvgIpc) is 2.95. The number of carbonyl (C=O) groups is 1. The third-order valence-electron chi connectivity index (χ3n) is 2.37. The Balaban J connectivity index is 2.09. The van der Waals surface area contributed by atoms with Gasteiger partial charge in [0.2, 0.25) is 0 Å². The summed E-state index contributed by atoms with van der Waals surface area (Å²) in [5.74, 6) is 5.14. The lowest BCUT2D eigenvalue weighted by Gasteiger charge is -1.97. The summed E-state index contributed by atoms with van der Waals surface area (Å²) in [5.41, 5.74) is 0.931. The molecule has 0 aliphatic heterocycles. The van der Waals surface area contributed by atoms with E-state index in [1.807, 2.05) is 13.8 Å². The molecule has 1 amide bonds. The van der Waals surface area contributed by atoms with Gasteiger partial charge in [0.05, 0.1) is 15.4 Å². The fourth-order valence-corrected chi connectivity index (χ4v) is 2.92. The number of nitrogens with one attached hydrogen (secondary N) is 1. The van der Waals surface area contributed by atoms with Crippen LogP contribution in [0.25, 0.3) is 0 Å². The molecule has 0 saturated heterocycles. The Bertz CT molecular complexity index is 642. The van der Waals surface area contributed by atoms with Crippen LogP contribution in [0, 0.1) is 25.7 Å². The van der Waals surface area contributed by atoms with E-state index in [1.54, 1.807) is 12.1 Å². The van der Waals surface area contributed by atoms with E-state index in [0.717, 1.165) is 15.4 Å². The molecule has 0 bridgehead atoms. The summed E-state index contributed by atoms with van der Waals surface area (Å²) in [6.07, 6.45) is 0. The molecule has 0 aromatic carbocycles. The van der Waals surface area contributed by atoms with Crippen molar-refractivity contribution in [2.24, 2.45) is 0 Å². The van der Waals surface area contributed by atoms with Crippen LogP contribution in [0.2, 0.25) is 0 Å². The Morgan fingerprint density at radius 3 is 2.84 bits per heavy atom. The predicted molar refractivity (Wildman–Crippen MR) is 77.8 cm³/mol. The van der Waals surface area contributed by atoms with Crippen molar-refractivity contribution in [3.8, 4) is 11.8 Å². The lowest BCUT2D eigenvalue weighted by Crippen LogP contribution is -2.09. The molecule has 0 spiro atoms. The van der Waals surface area contributed by atoms with Gasteiger partial charge in [0.25, 0.3) is 5.91 Å². The molecule has 4 nitrogen and oxygen atoms in total. The van der Waals surface area contributed by atoms with Gasteiger partial charge < -0.3 is 5.11 Å². The van der Waals surface area contributed by atoms with Gasteiger partial charge in [-0.25, -0.2) is 4.98 Å². The number of aliphatic hydroxyl groups excluding tert-OH is 1. The van der Waals surface area contributed by atoms with E-state index in [9.17, 15) is 4.79 Å². The Morgan fingerprint density at radius 1 is 1.42 bits per heavy atom. The second kappa shape index (κ2) is 5.97. The SMILES string of the molecule is Cc1nc(NC(=O)c2ccc(C#CCO)s2)sc1C. The van der Waals surface area contributed by atoms with Crippen LogP contribution in [0.5, 0.6) is 0 Å². The minimum atomic E-state index is -0.184. The van der Waals surface area contributed by atoms with Crippen LogP contribution in [-0.4, -0.2) is 22.6 Å². The molecule has 0 unspecified atom stereocenters. The second-order valence-electron chi connectivity index (χ2n) is 3.74. The summed E-state index contributed by atoms with van der Waals surface area (Å²) >= 11 is 2.75. The first-order valence-corrected chi connectivity index (χ1v) is 7.18. The number of aryl methyl sites for hydroxylation is 2. The Morgan fingerprint density at radius 2 is 2.21 bits per heavy atom. The largest absolute Gasteiger partial charge is 0.384 e. The Hall–Kier alpha value is -1.68. The van der Waals surface area contributed by atoms with Gasteiger partial charge in [0.1, 0.15) is 6.61 Å². The minimum absolute atomic E-state index is 0.183. The summed E-state index contributed by atoms with van der Waals surface area (Å²) in [4.78, 5) is 18.7. The molecular weight excluding hydrogens is 280 g/mol. The zero-order chi connectivity index (χ0) is 13.8. The van der Waals surface area contributed by atoms with E-state index < -0.39 is 0 Å². The van der Waals surface area contributed by atoms with Crippen molar-refractivity contribution in [3.63, 3.8) is 0 Å². The van der Waals surface area contributed by atoms with E-state index >= 15 is 0 Å². The van der Waals surface area contributed by atoms with E-state index in [1.165, 1.54) is 22.7 Å². The molecule has 0 fully saturated rings. The second-order valence-corrected chi connectivity index (χ2v) is 6.03. The molecule has 2 aromatic rings. The van der Waals surface area contributed by atoms with Crippen molar-refractivity contribution in [1.29, 1.82) is 0 Å². The van der Waals surface area contributed by atoms with E-state index in [0.29, 0.717) is 10.0 Å². The molecule has 98 valence electrons. The van der Waals surface area contributed by atoms with Crippen molar-refractivity contribution < 1.29 is 9.90 Å². The van der Waals surface area contributed by atoms with Crippen LogP contribution in [0.1, 0.15) is 25.1 Å². The van der Waals surface area contributed by atoms with Crippen LogP contribution in [0.3, 0.4) is 0 Å². The highest BCUT2D eigenvalue weighted by Crippen LogP contribution is 2.23. The highest BCUT2D eigenvalue weighted by atomic mass is 32.1. The van der Waals surface area contributed by atoms with Crippen LogP contribution >= 0.6 is 22.7 Å². The van der Waals surface area contributed by atoms with Gasteiger partial charge in [-0.1, -0.05) is 11.8 Å². The topological polar surface area (TPSA) is 62.2 Å². The molecule has 0 atom stereocenters. The first-order chi connectivity index (χ1) is 9.10. The number of amides is 1. The molecule has 2 aromatic heterocycles. The summed E-state index contributed by atoms with van der Waals surface area (Å²) < 4.78 is 0. The standard InChI is InChI=1S/C13H12N2O2S2/c1-8-9(2)18-13(14-8)15-12(17)11-6-5-10(19-11)4-3-7-16/h5-6,16H,7H2,1-2H3,(H,14,15,17). The third-order valence-corrected chi connectivity index (χ3v) is 4.36. The fourth-order valence-electron chi connectivity index (χ4n) is 1.34. The molecule has 2 rings (SSSR count). The summed E-state index contributed by atoms with van der Waals surface area (Å²) in [7, 11) is 0. The maximum atomic E-state index is 12.0. The van der Waals surface area contributed by atoms with Crippen molar-refractivity contribution in [2.45, 2.75) is 13.8 Å². The van der Waals surface area contributed by atoms with Gasteiger partial charge in [-0.2, -0.15) is 0 Å². The molecule has 0 saturated carbocycles. The summed E-state index contributed by atoms with van der Waals surface area (Å²) in [6, 6.07) is 3.48. The number of hydrogen-bond acceptors (Lipinski definition) is 5. The maximum absolute atomic E-state index is 12.0. The van der Waals surface area contributed by atoms with Crippen molar-refractivity contribution in [2.75, 3.05) is 11.9 Å². The lowest BCUT2D eigenvalue weighted by atomic mass is 10.4. The number of rotatable bonds is 2. The van der Waals surface area contributed by atoms with Crippen molar-refractivity contribution >= 4 is 33.7 Å². The number of nitrogens with zero attached hydrogens (tertiary/aromatic N) is 1. The first-order valence-electron chi connectivity index (χ1n) is 5.55. The summed E-state index contributed by atoms with van der Waals surface area (Å²) in [5, 5.41) is 12.0. The summed E-state index contributed by atoms with van der Waals surface area (Å²) in [6.45, 7) is 3.70. The molecule has 2 heterocycles. The Kier molecular flexibility index (Phi) is 4.32. The number of anilines is 1. The molecule has 0 radical (unpaired) electrons. The molecule has 19 heavy (non-hydrogen) atoms.